The highest BCUT2D eigenvalue weighted by atomic mass is 32.2. The van der Waals surface area contributed by atoms with Gasteiger partial charge in [-0.2, -0.15) is 0 Å². The molecule has 0 fully saturated rings. The second kappa shape index (κ2) is 5.19. The normalized spacial score (nSPS) is 11.2. The third-order valence-corrected chi connectivity index (χ3v) is 3.83. The van der Waals surface area contributed by atoms with Crippen molar-refractivity contribution in [3.63, 3.8) is 0 Å². The molecule has 6 nitrogen and oxygen atoms in total. The standard InChI is InChI=1S/C9H10F2N4O2S/c1-5(2)18(16,17)14-7-4-3-6(10)9(8(7)11)13-15-12/h3-5,14H,1-2H3. The average Bonchev–Trinajstić information content (AvgIpc) is 2.28. The van der Waals surface area contributed by atoms with Crippen LogP contribution in [0.2, 0.25) is 0 Å². The molecule has 0 aliphatic heterocycles. The lowest BCUT2D eigenvalue weighted by molar-refractivity contribution is 0.583. The van der Waals surface area contributed by atoms with Gasteiger partial charge in [0.15, 0.2) is 5.82 Å². The van der Waals surface area contributed by atoms with Crippen LogP contribution in [0, 0.1) is 11.6 Å². The van der Waals surface area contributed by atoms with Gasteiger partial charge in [0.1, 0.15) is 11.5 Å². The Bertz CT molecular complexity index is 609. The summed E-state index contributed by atoms with van der Waals surface area (Å²) in [6.07, 6.45) is 0. The van der Waals surface area contributed by atoms with Gasteiger partial charge in [0, 0.05) is 4.91 Å². The molecule has 0 saturated carbocycles. The van der Waals surface area contributed by atoms with Crippen molar-refractivity contribution in [3.05, 3.63) is 34.2 Å². The Morgan fingerprint density at radius 3 is 2.50 bits per heavy atom. The molecule has 1 aromatic carbocycles. The number of benzene rings is 1. The minimum atomic E-state index is -3.77. The summed E-state index contributed by atoms with van der Waals surface area (Å²) in [5, 5.41) is 2.05. The van der Waals surface area contributed by atoms with Crippen molar-refractivity contribution in [1.82, 2.24) is 0 Å². The molecule has 18 heavy (non-hydrogen) atoms. The van der Waals surface area contributed by atoms with E-state index in [2.05, 4.69) is 10.0 Å². The molecule has 0 radical (unpaired) electrons. The maximum atomic E-state index is 13.7. The SMILES string of the molecule is CC(C)S(=O)(=O)Nc1ccc(F)c(N=[N+]=[N-])c1F. The van der Waals surface area contributed by atoms with E-state index >= 15 is 0 Å². The molecule has 1 rings (SSSR count). The molecular weight excluding hydrogens is 266 g/mol. The number of hydrogen-bond acceptors (Lipinski definition) is 3. The van der Waals surface area contributed by atoms with Crippen molar-refractivity contribution in [2.24, 2.45) is 5.11 Å². The molecule has 98 valence electrons. The van der Waals surface area contributed by atoms with Crippen LogP contribution in [0.4, 0.5) is 20.2 Å². The van der Waals surface area contributed by atoms with Crippen molar-refractivity contribution in [3.8, 4) is 0 Å². The van der Waals surface area contributed by atoms with Gasteiger partial charge < -0.3 is 0 Å². The van der Waals surface area contributed by atoms with E-state index in [0.717, 1.165) is 12.1 Å². The number of azide groups is 1. The summed E-state index contributed by atoms with van der Waals surface area (Å²) in [5.41, 5.74) is 6.83. The molecule has 0 spiro atoms. The Morgan fingerprint density at radius 2 is 2.00 bits per heavy atom. The quantitative estimate of drug-likeness (QED) is 0.519. The Kier molecular flexibility index (Phi) is 4.10. The van der Waals surface area contributed by atoms with Crippen molar-refractivity contribution in [2.75, 3.05) is 4.72 Å². The fourth-order valence-corrected chi connectivity index (χ4v) is 1.73. The lowest BCUT2D eigenvalue weighted by Crippen LogP contribution is -2.23. The average molecular weight is 276 g/mol. The monoisotopic (exact) mass is 276 g/mol. The first-order valence-electron chi connectivity index (χ1n) is 4.84. The van der Waals surface area contributed by atoms with Crippen LogP contribution in [0.25, 0.3) is 10.4 Å². The Balaban J connectivity index is 3.29. The van der Waals surface area contributed by atoms with Gasteiger partial charge in [0.25, 0.3) is 0 Å². The molecule has 0 aliphatic carbocycles. The molecule has 0 atom stereocenters. The molecule has 0 saturated heterocycles. The van der Waals surface area contributed by atoms with Gasteiger partial charge in [-0.25, -0.2) is 17.2 Å². The smallest absolute Gasteiger partial charge is 0.235 e. The number of halogens is 2. The number of anilines is 1. The lowest BCUT2D eigenvalue weighted by Gasteiger charge is -2.12. The van der Waals surface area contributed by atoms with Gasteiger partial charge in [-0.1, -0.05) is 5.11 Å². The molecule has 0 unspecified atom stereocenters. The number of sulfonamides is 1. The maximum Gasteiger partial charge on any atom is 0.235 e. The molecule has 0 aliphatic rings. The van der Waals surface area contributed by atoms with E-state index in [0.29, 0.717) is 0 Å². The molecule has 0 bridgehead atoms. The molecule has 1 N–H and O–H groups in total. The molecule has 0 aromatic heterocycles. The summed E-state index contributed by atoms with van der Waals surface area (Å²) < 4.78 is 51.8. The van der Waals surface area contributed by atoms with Gasteiger partial charge in [0.2, 0.25) is 10.0 Å². The Hall–Kier alpha value is -1.86. The Morgan fingerprint density at radius 1 is 1.39 bits per heavy atom. The van der Waals surface area contributed by atoms with Crippen molar-refractivity contribution in [1.29, 1.82) is 0 Å². The highest BCUT2D eigenvalue weighted by molar-refractivity contribution is 7.93. The van der Waals surface area contributed by atoms with Crippen LogP contribution in [-0.4, -0.2) is 13.7 Å². The predicted molar refractivity (Wildman–Crippen MR) is 62.8 cm³/mol. The first kappa shape index (κ1) is 14.2. The summed E-state index contributed by atoms with van der Waals surface area (Å²) in [5.74, 6) is -2.32. The van der Waals surface area contributed by atoms with Gasteiger partial charge in [0.05, 0.1) is 10.9 Å². The van der Waals surface area contributed by atoms with Gasteiger partial charge in [-0.15, -0.1) is 0 Å². The van der Waals surface area contributed by atoms with Crippen LogP contribution in [0.5, 0.6) is 0 Å². The summed E-state index contributed by atoms with van der Waals surface area (Å²) in [6.45, 7) is 2.80. The third-order valence-electron chi connectivity index (χ3n) is 2.08. The molecule has 1 aromatic rings. The zero-order chi connectivity index (χ0) is 13.9. The van der Waals surface area contributed by atoms with Crippen LogP contribution in [0.1, 0.15) is 13.8 Å². The first-order chi connectivity index (χ1) is 8.29. The van der Waals surface area contributed by atoms with E-state index in [4.69, 9.17) is 5.53 Å². The van der Waals surface area contributed by atoms with Crippen molar-refractivity contribution < 1.29 is 17.2 Å². The van der Waals surface area contributed by atoms with Crippen LogP contribution in [-0.2, 0) is 10.0 Å². The van der Waals surface area contributed by atoms with Crippen molar-refractivity contribution in [2.45, 2.75) is 19.1 Å². The molecule has 0 heterocycles. The fourth-order valence-electron chi connectivity index (χ4n) is 1.03. The molecule has 9 heteroatoms. The van der Waals surface area contributed by atoms with Gasteiger partial charge in [-0.3, -0.25) is 4.72 Å². The van der Waals surface area contributed by atoms with Crippen LogP contribution >= 0.6 is 0 Å². The van der Waals surface area contributed by atoms with E-state index in [9.17, 15) is 17.2 Å². The second-order valence-corrected chi connectivity index (χ2v) is 5.88. The number of nitrogens with zero attached hydrogens (tertiary/aromatic N) is 3. The minimum absolute atomic E-state index is 0.465. The van der Waals surface area contributed by atoms with E-state index in [1.165, 1.54) is 13.8 Å². The molecule has 0 amide bonds. The predicted octanol–water partition coefficient (Wildman–Crippen LogP) is 3.06. The van der Waals surface area contributed by atoms with Gasteiger partial charge in [-0.05, 0) is 31.5 Å². The first-order valence-corrected chi connectivity index (χ1v) is 6.39. The maximum absolute atomic E-state index is 13.7. The summed E-state index contributed by atoms with van der Waals surface area (Å²) in [6, 6.07) is 1.73. The van der Waals surface area contributed by atoms with Crippen molar-refractivity contribution >= 4 is 21.4 Å². The highest BCUT2D eigenvalue weighted by Gasteiger charge is 2.20. The molecular formula is C9H10F2N4O2S. The van der Waals surface area contributed by atoms with Crippen LogP contribution < -0.4 is 4.72 Å². The summed E-state index contributed by atoms with van der Waals surface area (Å²) in [4.78, 5) is 2.27. The van der Waals surface area contributed by atoms with Crippen LogP contribution in [0.3, 0.4) is 0 Å². The summed E-state index contributed by atoms with van der Waals surface area (Å²) >= 11 is 0. The fraction of sp³-hybridized carbons (Fsp3) is 0.333. The topological polar surface area (TPSA) is 94.9 Å². The number of nitrogens with one attached hydrogen (secondary N) is 1. The second-order valence-electron chi connectivity index (χ2n) is 3.64. The minimum Gasteiger partial charge on any atom is -0.280 e. The van der Waals surface area contributed by atoms with E-state index < -0.39 is 38.3 Å². The highest BCUT2D eigenvalue weighted by Crippen LogP contribution is 2.29. The van der Waals surface area contributed by atoms with E-state index in [1.807, 2.05) is 4.72 Å². The zero-order valence-corrected chi connectivity index (χ0v) is 10.4. The summed E-state index contributed by atoms with van der Waals surface area (Å²) in [7, 11) is -3.77. The van der Waals surface area contributed by atoms with Gasteiger partial charge >= 0.3 is 0 Å². The lowest BCUT2D eigenvalue weighted by atomic mass is 10.2. The van der Waals surface area contributed by atoms with Crippen LogP contribution in [0.15, 0.2) is 17.2 Å². The van der Waals surface area contributed by atoms with E-state index in [-0.39, 0.29) is 0 Å². The largest absolute Gasteiger partial charge is 0.280 e. The third kappa shape index (κ3) is 2.88. The van der Waals surface area contributed by atoms with E-state index in [1.54, 1.807) is 0 Å². The zero-order valence-electron chi connectivity index (χ0n) is 9.55. The number of rotatable bonds is 4. The Labute approximate surface area is 102 Å². The number of hydrogen-bond donors (Lipinski definition) is 1.